The van der Waals surface area contributed by atoms with Crippen molar-refractivity contribution in [2.24, 2.45) is 0 Å². The van der Waals surface area contributed by atoms with Crippen molar-refractivity contribution in [2.75, 3.05) is 19.6 Å². The fourth-order valence-corrected chi connectivity index (χ4v) is 3.83. The number of benzene rings is 3. The van der Waals surface area contributed by atoms with Gasteiger partial charge in [-0.25, -0.2) is 4.39 Å². The van der Waals surface area contributed by atoms with Gasteiger partial charge in [-0.05, 0) is 52.8 Å². The number of halogens is 1. The first-order valence-corrected chi connectivity index (χ1v) is 10.2. The Kier molecular flexibility index (Phi) is 6.33. The van der Waals surface area contributed by atoms with E-state index in [9.17, 15) is 4.39 Å². The second kappa shape index (κ2) is 9.49. The van der Waals surface area contributed by atoms with Crippen LogP contribution in [0.25, 0.3) is 11.6 Å². The van der Waals surface area contributed by atoms with Crippen LogP contribution >= 0.6 is 0 Å². The summed E-state index contributed by atoms with van der Waals surface area (Å²) in [6.45, 7) is 3.01. The minimum atomic E-state index is -0.182. The average Bonchev–Trinajstić information content (AvgIpc) is 2.77. The lowest BCUT2D eigenvalue weighted by Gasteiger charge is -2.26. The molecule has 2 heteroatoms. The Morgan fingerprint density at radius 1 is 0.862 bits per heavy atom. The second-order valence-electron chi connectivity index (χ2n) is 7.51. The van der Waals surface area contributed by atoms with Gasteiger partial charge in [-0.2, -0.15) is 0 Å². The molecule has 3 aromatic rings. The molecule has 0 saturated heterocycles. The van der Waals surface area contributed by atoms with Gasteiger partial charge in [-0.15, -0.1) is 0 Å². The van der Waals surface area contributed by atoms with E-state index >= 15 is 0 Å². The highest BCUT2D eigenvalue weighted by Crippen LogP contribution is 2.27. The molecule has 0 aromatic heterocycles. The molecule has 1 nitrogen and oxygen atoms in total. The SMILES string of the molecule is Fc1ccc(Cc2ccccc2C2=CCN(C/C=C/c3ccccc3)CC2)cc1. The average molecular weight is 384 g/mol. The predicted octanol–water partition coefficient (Wildman–Crippen LogP) is 6.22. The normalized spacial score (nSPS) is 14.9. The molecule has 3 aromatic carbocycles. The van der Waals surface area contributed by atoms with Crippen molar-refractivity contribution in [1.29, 1.82) is 0 Å². The van der Waals surface area contributed by atoms with E-state index in [2.05, 4.69) is 71.7 Å². The molecule has 0 bridgehead atoms. The maximum Gasteiger partial charge on any atom is 0.123 e. The molecule has 0 N–H and O–H groups in total. The van der Waals surface area contributed by atoms with Crippen LogP contribution in [0.5, 0.6) is 0 Å². The monoisotopic (exact) mass is 383 g/mol. The first-order chi connectivity index (χ1) is 14.3. The molecule has 0 atom stereocenters. The minimum Gasteiger partial charge on any atom is -0.296 e. The smallest absolute Gasteiger partial charge is 0.123 e. The van der Waals surface area contributed by atoms with Crippen LogP contribution in [-0.2, 0) is 6.42 Å². The molecule has 0 unspecified atom stereocenters. The van der Waals surface area contributed by atoms with Crippen molar-refractivity contribution in [3.63, 3.8) is 0 Å². The third-order valence-corrected chi connectivity index (χ3v) is 5.44. The van der Waals surface area contributed by atoms with E-state index in [0.29, 0.717) is 0 Å². The lowest BCUT2D eigenvalue weighted by Crippen LogP contribution is -2.28. The van der Waals surface area contributed by atoms with Gasteiger partial charge in [0, 0.05) is 19.6 Å². The summed E-state index contributed by atoms with van der Waals surface area (Å²) in [5, 5.41) is 0. The Hall–Kier alpha value is -2.97. The molecule has 146 valence electrons. The van der Waals surface area contributed by atoms with Crippen LogP contribution in [0.3, 0.4) is 0 Å². The molecule has 29 heavy (non-hydrogen) atoms. The van der Waals surface area contributed by atoms with Crippen molar-refractivity contribution in [2.45, 2.75) is 12.8 Å². The fourth-order valence-electron chi connectivity index (χ4n) is 3.83. The molecule has 0 radical (unpaired) electrons. The number of nitrogens with zero attached hydrogens (tertiary/aromatic N) is 1. The largest absolute Gasteiger partial charge is 0.296 e. The Bertz CT molecular complexity index is 987. The van der Waals surface area contributed by atoms with Crippen molar-refractivity contribution in [3.8, 4) is 0 Å². The third-order valence-electron chi connectivity index (χ3n) is 5.44. The zero-order valence-corrected chi connectivity index (χ0v) is 16.6. The van der Waals surface area contributed by atoms with Crippen LogP contribution in [0.2, 0.25) is 0 Å². The van der Waals surface area contributed by atoms with Crippen LogP contribution in [0.1, 0.15) is 28.7 Å². The fraction of sp³-hybridized carbons (Fsp3) is 0.185. The Labute approximate surface area is 172 Å². The molecular weight excluding hydrogens is 357 g/mol. The molecule has 0 aliphatic carbocycles. The lowest BCUT2D eigenvalue weighted by atomic mass is 9.91. The summed E-state index contributed by atoms with van der Waals surface area (Å²) in [7, 11) is 0. The van der Waals surface area contributed by atoms with Gasteiger partial charge in [0.1, 0.15) is 5.82 Å². The van der Waals surface area contributed by atoms with E-state index in [0.717, 1.165) is 38.0 Å². The highest BCUT2D eigenvalue weighted by atomic mass is 19.1. The molecule has 4 rings (SSSR count). The van der Waals surface area contributed by atoms with Gasteiger partial charge >= 0.3 is 0 Å². The van der Waals surface area contributed by atoms with Crippen molar-refractivity contribution >= 4 is 11.6 Å². The summed E-state index contributed by atoms with van der Waals surface area (Å²) < 4.78 is 13.2. The van der Waals surface area contributed by atoms with Crippen LogP contribution in [-0.4, -0.2) is 24.5 Å². The first kappa shape index (κ1) is 19.4. The van der Waals surface area contributed by atoms with Crippen LogP contribution in [0, 0.1) is 5.82 Å². The molecule has 1 heterocycles. The Morgan fingerprint density at radius 3 is 2.38 bits per heavy atom. The zero-order chi connectivity index (χ0) is 19.9. The van der Waals surface area contributed by atoms with E-state index < -0.39 is 0 Å². The third kappa shape index (κ3) is 5.30. The summed E-state index contributed by atoms with van der Waals surface area (Å²) in [6, 6.07) is 25.9. The van der Waals surface area contributed by atoms with Gasteiger partial charge in [0.15, 0.2) is 0 Å². The van der Waals surface area contributed by atoms with Crippen molar-refractivity contribution in [3.05, 3.63) is 119 Å². The van der Waals surface area contributed by atoms with E-state index in [1.165, 1.54) is 22.3 Å². The van der Waals surface area contributed by atoms with Gasteiger partial charge in [0.2, 0.25) is 0 Å². The minimum absolute atomic E-state index is 0.182. The molecule has 0 fully saturated rings. The van der Waals surface area contributed by atoms with Crippen LogP contribution < -0.4 is 0 Å². The molecule has 0 saturated carbocycles. The van der Waals surface area contributed by atoms with E-state index in [-0.39, 0.29) is 5.82 Å². The number of hydrogen-bond acceptors (Lipinski definition) is 1. The van der Waals surface area contributed by atoms with Crippen LogP contribution in [0.4, 0.5) is 4.39 Å². The highest BCUT2D eigenvalue weighted by Gasteiger charge is 2.14. The summed E-state index contributed by atoms with van der Waals surface area (Å²) in [5.74, 6) is -0.182. The maximum atomic E-state index is 13.2. The van der Waals surface area contributed by atoms with Crippen molar-refractivity contribution in [1.82, 2.24) is 4.90 Å². The standard InChI is InChI=1S/C27H26FN/c28-26-14-12-23(13-15-26)21-25-10-4-5-11-27(25)24-16-19-29(20-17-24)18-6-9-22-7-2-1-3-8-22/h1-16H,17-21H2/b9-6+. The number of rotatable bonds is 6. The van der Waals surface area contributed by atoms with Gasteiger partial charge in [0.05, 0.1) is 0 Å². The first-order valence-electron chi connectivity index (χ1n) is 10.2. The summed E-state index contributed by atoms with van der Waals surface area (Å²) in [5.41, 5.74) is 6.45. The second-order valence-corrected chi connectivity index (χ2v) is 7.51. The molecular formula is C27H26FN. The topological polar surface area (TPSA) is 3.24 Å². The van der Waals surface area contributed by atoms with E-state index in [1.807, 2.05) is 18.2 Å². The van der Waals surface area contributed by atoms with Gasteiger partial charge in [-0.3, -0.25) is 4.90 Å². The number of hydrogen-bond donors (Lipinski definition) is 0. The highest BCUT2D eigenvalue weighted by molar-refractivity contribution is 5.69. The van der Waals surface area contributed by atoms with Gasteiger partial charge in [0.25, 0.3) is 0 Å². The van der Waals surface area contributed by atoms with Crippen molar-refractivity contribution < 1.29 is 4.39 Å². The molecule has 1 aliphatic rings. The molecule has 0 spiro atoms. The summed E-state index contributed by atoms with van der Waals surface area (Å²) in [6.07, 6.45) is 8.69. The summed E-state index contributed by atoms with van der Waals surface area (Å²) >= 11 is 0. The van der Waals surface area contributed by atoms with E-state index in [1.54, 1.807) is 12.1 Å². The molecule has 1 aliphatic heterocycles. The zero-order valence-electron chi connectivity index (χ0n) is 16.6. The Morgan fingerprint density at radius 2 is 1.62 bits per heavy atom. The van der Waals surface area contributed by atoms with Gasteiger partial charge < -0.3 is 0 Å². The quantitative estimate of drug-likeness (QED) is 0.488. The van der Waals surface area contributed by atoms with Crippen LogP contribution in [0.15, 0.2) is 91.0 Å². The van der Waals surface area contributed by atoms with Gasteiger partial charge in [-0.1, -0.05) is 85.0 Å². The van der Waals surface area contributed by atoms with E-state index in [4.69, 9.17) is 0 Å². The summed E-state index contributed by atoms with van der Waals surface area (Å²) in [4.78, 5) is 2.46. The maximum absolute atomic E-state index is 13.2. The Balaban J connectivity index is 1.41. The predicted molar refractivity (Wildman–Crippen MR) is 120 cm³/mol. The molecule has 0 amide bonds. The lowest BCUT2D eigenvalue weighted by molar-refractivity contribution is 0.335.